The van der Waals surface area contributed by atoms with E-state index in [1.807, 2.05) is 5.32 Å². The van der Waals surface area contributed by atoms with Gasteiger partial charge in [-0.1, -0.05) is 52.0 Å². The number of amides is 2. The fourth-order valence-corrected chi connectivity index (χ4v) is 2.59. The van der Waals surface area contributed by atoms with Crippen molar-refractivity contribution in [2.24, 2.45) is 11.8 Å². The SMILES string of the molecule is COC(=O)NC(=O)C[NH2+][C@@H](c1ccc(CC(C)C)cc1)C(C)C. The summed E-state index contributed by atoms with van der Waals surface area (Å²) in [5.41, 5.74) is 2.52. The second-order valence-corrected chi connectivity index (χ2v) is 6.59. The number of carbonyl (C=O) groups excluding carboxylic acids is 2. The number of nitrogens with one attached hydrogen (secondary N) is 1. The molecule has 0 aliphatic carbocycles. The van der Waals surface area contributed by atoms with Crippen LogP contribution < -0.4 is 10.6 Å². The summed E-state index contributed by atoms with van der Waals surface area (Å²) in [6, 6.07) is 8.76. The number of benzene rings is 1. The Balaban J connectivity index is 2.67. The lowest BCUT2D eigenvalue weighted by atomic mass is 9.94. The quantitative estimate of drug-likeness (QED) is 0.807. The van der Waals surface area contributed by atoms with Crippen LogP contribution in [0.4, 0.5) is 4.79 Å². The van der Waals surface area contributed by atoms with E-state index in [1.54, 1.807) is 0 Å². The minimum Gasteiger partial charge on any atom is -0.453 e. The van der Waals surface area contributed by atoms with E-state index >= 15 is 0 Å². The average Bonchev–Trinajstić information content (AvgIpc) is 2.48. The van der Waals surface area contributed by atoms with Gasteiger partial charge in [0.25, 0.3) is 5.91 Å². The molecule has 0 bridgehead atoms. The van der Waals surface area contributed by atoms with E-state index in [4.69, 9.17) is 0 Å². The molecule has 0 aliphatic heterocycles. The Hall–Kier alpha value is -1.88. The highest BCUT2D eigenvalue weighted by molar-refractivity contribution is 5.92. The predicted octanol–water partition coefficient (Wildman–Crippen LogP) is 2.03. The van der Waals surface area contributed by atoms with Crippen molar-refractivity contribution in [3.63, 3.8) is 0 Å². The molecule has 0 unspecified atom stereocenters. The summed E-state index contributed by atoms with van der Waals surface area (Å²) in [5.74, 6) is 0.658. The molecule has 1 atom stereocenters. The Morgan fingerprint density at radius 2 is 1.74 bits per heavy atom. The second kappa shape index (κ2) is 9.30. The third-order valence-electron chi connectivity index (χ3n) is 3.71. The maximum atomic E-state index is 11.7. The summed E-state index contributed by atoms with van der Waals surface area (Å²) in [4.78, 5) is 22.7. The maximum Gasteiger partial charge on any atom is 0.413 e. The van der Waals surface area contributed by atoms with E-state index in [-0.39, 0.29) is 18.5 Å². The molecule has 128 valence electrons. The van der Waals surface area contributed by atoms with Crippen molar-refractivity contribution in [3.05, 3.63) is 35.4 Å². The van der Waals surface area contributed by atoms with E-state index in [0.717, 1.165) is 6.42 Å². The molecule has 3 N–H and O–H groups in total. The molecule has 0 saturated heterocycles. The average molecular weight is 321 g/mol. The van der Waals surface area contributed by atoms with Crippen LogP contribution in [0.5, 0.6) is 0 Å². The van der Waals surface area contributed by atoms with Gasteiger partial charge in [-0.2, -0.15) is 0 Å². The normalized spacial score (nSPS) is 12.3. The van der Waals surface area contributed by atoms with E-state index in [1.165, 1.54) is 18.2 Å². The number of hydrogen-bond donors (Lipinski definition) is 2. The zero-order valence-electron chi connectivity index (χ0n) is 14.8. The molecule has 0 radical (unpaired) electrons. The highest BCUT2D eigenvalue weighted by Crippen LogP contribution is 2.19. The standard InChI is InChI=1S/C18H28N2O3/c1-12(2)10-14-6-8-15(9-7-14)17(13(3)4)19-11-16(21)20-18(22)23-5/h6-9,12-13,17,19H,10-11H2,1-5H3,(H,20,21,22)/p+1/t17-/m1/s1. The van der Waals surface area contributed by atoms with Gasteiger partial charge in [-0.3, -0.25) is 10.1 Å². The van der Waals surface area contributed by atoms with Crippen molar-refractivity contribution in [3.8, 4) is 0 Å². The minimum absolute atomic E-state index is 0.173. The predicted molar refractivity (Wildman–Crippen MR) is 89.9 cm³/mol. The Labute approximate surface area is 138 Å². The molecule has 0 heterocycles. The van der Waals surface area contributed by atoms with Gasteiger partial charge in [0.15, 0.2) is 6.54 Å². The van der Waals surface area contributed by atoms with Crippen LogP contribution in [0.2, 0.25) is 0 Å². The van der Waals surface area contributed by atoms with Gasteiger partial charge in [-0.25, -0.2) is 4.79 Å². The molecular formula is C18H29N2O3+. The van der Waals surface area contributed by atoms with Crippen molar-refractivity contribution in [1.29, 1.82) is 0 Å². The van der Waals surface area contributed by atoms with Gasteiger partial charge in [-0.15, -0.1) is 0 Å². The third-order valence-corrected chi connectivity index (χ3v) is 3.71. The molecule has 2 amide bonds. The van der Waals surface area contributed by atoms with Crippen LogP contribution >= 0.6 is 0 Å². The van der Waals surface area contributed by atoms with Gasteiger partial charge in [0.05, 0.1) is 7.11 Å². The summed E-state index contributed by atoms with van der Waals surface area (Å²) in [5, 5.41) is 4.13. The summed E-state index contributed by atoms with van der Waals surface area (Å²) >= 11 is 0. The van der Waals surface area contributed by atoms with Crippen LogP contribution in [0.3, 0.4) is 0 Å². The Kier molecular flexibility index (Phi) is 7.75. The summed E-state index contributed by atoms with van der Waals surface area (Å²) in [7, 11) is 1.24. The molecule has 5 nitrogen and oxygen atoms in total. The highest BCUT2D eigenvalue weighted by atomic mass is 16.5. The first kappa shape index (κ1) is 19.2. The topological polar surface area (TPSA) is 72.0 Å². The van der Waals surface area contributed by atoms with E-state index in [9.17, 15) is 9.59 Å². The molecule has 0 saturated carbocycles. The Morgan fingerprint density at radius 1 is 1.13 bits per heavy atom. The van der Waals surface area contributed by atoms with Crippen LogP contribution in [0, 0.1) is 11.8 Å². The largest absolute Gasteiger partial charge is 0.453 e. The monoisotopic (exact) mass is 321 g/mol. The van der Waals surface area contributed by atoms with Crippen LogP contribution in [-0.4, -0.2) is 25.7 Å². The van der Waals surface area contributed by atoms with Crippen LogP contribution in [0.25, 0.3) is 0 Å². The van der Waals surface area contributed by atoms with Gasteiger partial charge >= 0.3 is 6.09 Å². The molecule has 0 aromatic heterocycles. The van der Waals surface area contributed by atoms with Gasteiger partial charge in [0.2, 0.25) is 0 Å². The number of quaternary nitrogens is 1. The zero-order valence-corrected chi connectivity index (χ0v) is 14.8. The van der Waals surface area contributed by atoms with Crippen molar-refractivity contribution in [2.75, 3.05) is 13.7 Å². The molecule has 23 heavy (non-hydrogen) atoms. The fraction of sp³-hybridized carbons (Fsp3) is 0.556. The lowest BCUT2D eigenvalue weighted by molar-refractivity contribution is -0.692. The minimum atomic E-state index is -0.720. The number of rotatable bonds is 7. The molecule has 1 aromatic carbocycles. The number of carbonyl (C=O) groups is 2. The first-order valence-corrected chi connectivity index (χ1v) is 8.13. The summed E-state index contributed by atoms with van der Waals surface area (Å²) < 4.78 is 4.42. The zero-order chi connectivity index (χ0) is 17.4. The molecule has 0 aliphatic rings. The van der Waals surface area contributed by atoms with Crippen molar-refractivity contribution in [2.45, 2.75) is 40.2 Å². The number of imide groups is 1. The number of methoxy groups -OCH3 is 1. The van der Waals surface area contributed by atoms with Crippen molar-refractivity contribution in [1.82, 2.24) is 5.32 Å². The van der Waals surface area contributed by atoms with E-state index < -0.39 is 6.09 Å². The first-order chi connectivity index (χ1) is 10.8. The molecule has 0 fully saturated rings. The molecular weight excluding hydrogens is 292 g/mol. The Bertz CT molecular complexity index is 510. The van der Waals surface area contributed by atoms with Crippen molar-refractivity contribution >= 4 is 12.0 Å². The summed E-state index contributed by atoms with van der Waals surface area (Å²) in [6.45, 7) is 8.85. The van der Waals surface area contributed by atoms with E-state index in [0.29, 0.717) is 11.8 Å². The van der Waals surface area contributed by atoms with Gasteiger partial charge in [0, 0.05) is 11.5 Å². The van der Waals surface area contributed by atoms with Crippen LogP contribution in [0.1, 0.15) is 44.9 Å². The molecule has 5 heteroatoms. The number of alkyl carbamates (subject to hydrolysis) is 1. The van der Waals surface area contributed by atoms with Crippen molar-refractivity contribution < 1.29 is 19.6 Å². The number of ether oxygens (including phenoxy) is 1. The summed E-state index contributed by atoms with van der Waals surface area (Å²) in [6.07, 6.45) is 0.347. The van der Waals surface area contributed by atoms with Gasteiger partial charge in [-0.05, 0) is 17.9 Å². The second-order valence-electron chi connectivity index (χ2n) is 6.59. The maximum absolute atomic E-state index is 11.7. The molecule has 1 aromatic rings. The smallest absolute Gasteiger partial charge is 0.413 e. The van der Waals surface area contributed by atoms with Crippen LogP contribution in [0.15, 0.2) is 24.3 Å². The highest BCUT2D eigenvalue weighted by Gasteiger charge is 2.21. The lowest BCUT2D eigenvalue weighted by Gasteiger charge is -2.20. The van der Waals surface area contributed by atoms with Gasteiger partial charge < -0.3 is 10.1 Å². The lowest BCUT2D eigenvalue weighted by Crippen LogP contribution is -2.88. The van der Waals surface area contributed by atoms with Crippen LogP contribution in [-0.2, 0) is 16.0 Å². The van der Waals surface area contributed by atoms with E-state index in [2.05, 4.69) is 62.0 Å². The number of hydrogen-bond acceptors (Lipinski definition) is 3. The van der Waals surface area contributed by atoms with Gasteiger partial charge in [0.1, 0.15) is 6.04 Å². The number of nitrogens with two attached hydrogens (primary N) is 1. The third kappa shape index (κ3) is 6.82. The molecule has 1 rings (SSSR count). The first-order valence-electron chi connectivity index (χ1n) is 8.13. The molecule has 0 spiro atoms. The Morgan fingerprint density at radius 3 is 2.22 bits per heavy atom. The fourth-order valence-electron chi connectivity index (χ4n) is 2.59.